The molecular formula is C74H125NO10. The molecular weight excluding hydrogens is 1060 g/mol. The summed E-state index contributed by atoms with van der Waals surface area (Å²) in [5.74, 6) is -1.23. The maximum absolute atomic E-state index is 13.4. The predicted octanol–water partition coefficient (Wildman–Crippen LogP) is 17.4. The van der Waals surface area contributed by atoms with Crippen molar-refractivity contribution in [1.82, 2.24) is 5.32 Å². The third-order valence-electron chi connectivity index (χ3n) is 15.3. The lowest BCUT2D eigenvalue weighted by Gasteiger charge is -2.41. The van der Waals surface area contributed by atoms with Gasteiger partial charge in [0.15, 0.2) is 12.4 Å². The number of aliphatic hydroxyl groups is 5. The first-order valence-electron chi connectivity index (χ1n) is 34.3. The van der Waals surface area contributed by atoms with Crippen molar-refractivity contribution in [3.63, 3.8) is 0 Å². The number of esters is 1. The molecule has 6 N–H and O–H groups in total. The molecule has 0 saturated carbocycles. The molecule has 486 valence electrons. The molecule has 8 unspecified atom stereocenters. The molecule has 1 rings (SSSR count). The van der Waals surface area contributed by atoms with Crippen molar-refractivity contribution < 1.29 is 49.3 Å². The number of hydrogen-bond acceptors (Lipinski definition) is 10. The van der Waals surface area contributed by atoms with Gasteiger partial charge in [-0.25, -0.2) is 0 Å². The average molecular weight is 1190 g/mol. The maximum Gasteiger partial charge on any atom is 0.306 e. The van der Waals surface area contributed by atoms with E-state index in [0.717, 1.165) is 135 Å². The summed E-state index contributed by atoms with van der Waals surface area (Å²) in [5, 5.41) is 57.1. The van der Waals surface area contributed by atoms with Gasteiger partial charge in [0, 0.05) is 6.42 Å². The Bertz CT molecular complexity index is 1850. The van der Waals surface area contributed by atoms with E-state index < -0.39 is 67.4 Å². The number of allylic oxidation sites excluding steroid dienone is 19. The normalized spacial score (nSPS) is 19.2. The van der Waals surface area contributed by atoms with Crippen molar-refractivity contribution in [2.24, 2.45) is 0 Å². The van der Waals surface area contributed by atoms with Crippen LogP contribution in [-0.4, -0.2) is 99.6 Å². The van der Waals surface area contributed by atoms with Gasteiger partial charge in [0.05, 0.1) is 25.4 Å². The first-order valence-corrected chi connectivity index (χ1v) is 34.3. The van der Waals surface area contributed by atoms with E-state index in [2.05, 4.69) is 135 Å². The minimum atomic E-state index is -1.63. The van der Waals surface area contributed by atoms with Crippen LogP contribution in [0.2, 0.25) is 0 Å². The van der Waals surface area contributed by atoms with Crippen LogP contribution in [0.5, 0.6) is 0 Å². The summed E-state index contributed by atoms with van der Waals surface area (Å²) in [6.45, 7) is 5.64. The summed E-state index contributed by atoms with van der Waals surface area (Å²) < 4.78 is 17.7. The first kappa shape index (κ1) is 79.1. The zero-order valence-corrected chi connectivity index (χ0v) is 53.9. The van der Waals surface area contributed by atoms with Crippen LogP contribution < -0.4 is 5.32 Å². The lowest BCUT2D eigenvalue weighted by Crippen LogP contribution is -2.61. The van der Waals surface area contributed by atoms with E-state index in [0.29, 0.717) is 12.8 Å². The molecule has 11 nitrogen and oxygen atoms in total. The van der Waals surface area contributed by atoms with Gasteiger partial charge in [-0.2, -0.15) is 0 Å². The fraction of sp³-hybridized carbons (Fsp3) is 0.703. The molecule has 8 atom stereocenters. The number of ether oxygens (including phenoxy) is 3. The highest BCUT2D eigenvalue weighted by Gasteiger charge is 2.47. The van der Waals surface area contributed by atoms with E-state index in [1.807, 2.05) is 6.08 Å². The maximum atomic E-state index is 13.4. The van der Waals surface area contributed by atoms with Gasteiger partial charge in [-0.05, 0) is 116 Å². The van der Waals surface area contributed by atoms with Crippen molar-refractivity contribution in [2.75, 3.05) is 13.2 Å². The Hall–Kier alpha value is -3.94. The van der Waals surface area contributed by atoms with Gasteiger partial charge in [-0.1, -0.05) is 271 Å². The molecule has 1 heterocycles. The Morgan fingerprint density at radius 2 is 0.847 bits per heavy atom. The van der Waals surface area contributed by atoms with Crippen LogP contribution in [-0.2, 0) is 23.8 Å². The van der Waals surface area contributed by atoms with E-state index in [1.54, 1.807) is 6.08 Å². The molecule has 1 aliphatic heterocycles. The third kappa shape index (κ3) is 47.8. The van der Waals surface area contributed by atoms with Gasteiger partial charge in [0.1, 0.15) is 24.4 Å². The highest BCUT2D eigenvalue weighted by molar-refractivity contribution is 5.80. The summed E-state index contributed by atoms with van der Waals surface area (Å²) in [7, 11) is 0. The fourth-order valence-electron chi connectivity index (χ4n) is 9.96. The molecule has 1 amide bonds. The lowest BCUT2D eigenvalue weighted by molar-refractivity contribution is -0.305. The van der Waals surface area contributed by atoms with Crippen molar-refractivity contribution in [1.29, 1.82) is 0 Å². The summed E-state index contributed by atoms with van der Waals surface area (Å²) in [4.78, 5) is 26.6. The lowest BCUT2D eigenvalue weighted by atomic mass is 9.99. The van der Waals surface area contributed by atoms with Gasteiger partial charge >= 0.3 is 5.97 Å². The van der Waals surface area contributed by atoms with Crippen molar-refractivity contribution in [3.8, 4) is 0 Å². The summed E-state index contributed by atoms with van der Waals surface area (Å²) in [6.07, 6.45) is 73.7. The van der Waals surface area contributed by atoms with E-state index in [4.69, 9.17) is 14.2 Å². The SMILES string of the molecule is CC/C=C\C/C=C\C/C=C\C/C=C\C/C=C\C/C=C\CCCCCCCCCCC(=O)OC1C(OCC(NC(=O)C(O)CCCCC/C=C\C/C=C\C/C=C\CCCCC)C(O)/C=C/CCCCCCCCCCCCC)OC(CO)C(O)C1O. The first-order chi connectivity index (χ1) is 41.7. The van der Waals surface area contributed by atoms with Crippen LogP contribution >= 0.6 is 0 Å². The second-order valence-electron chi connectivity index (χ2n) is 23.2. The van der Waals surface area contributed by atoms with Crippen LogP contribution in [0.15, 0.2) is 122 Å². The Labute approximate surface area is 519 Å². The topological polar surface area (TPSA) is 175 Å². The molecule has 0 spiro atoms. The molecule has 1 saturated heterocycles. The zero-order valence-electron chi connectivity index (χ0n) is 53.9. The van der Waals surface area contributed by atoms with Gasteiger partial charge < -0.3 is 45.1 Å². The fourth-order valence-corrected chi connectivity index (χ4v) is 9.96. The number of hydrogen-bond donors (Lipinski definition) is 6. The van der Waals surface area contributed by atoms with Crippen LogP contribution in [0, 0.1) is 0 Å². The average Bonchev–Trinajstić information content (AvgIpc) is 2.50. The summed E-state index contributed by atoms with van der Waals surface area (Å²) >= 11 is 0. The second kappa shape index (κ2) is 60.3. The van der Waals surface area contributed by atoms with Crippen molar-refractivity contribution in [2.45, 2.75) is 320 Å². The molecule has 0 radical (unpaired) electrons. The number of rotatable bonds is 57. The number of amides is 1. The molecule has 1 fully saturated rings. The molecule has 0 aromatic heterocycles. The zero-order chi connectivity index (χ0) is 61.7. The molecule has 0 aliphatic carbocycles. The molecule has 85 heavy (non-hydrogen) atoms. The largest absolute Gasteiger partial charge is 0.454 e. The van der Waals surface area contributed by atoms with Gasteiger partial charge in [0.2, 0.25) is 5.91 Å². The quantitative estimate of drug-likeness (QED) is 0.0195. The van der Waals surface area contributed by atoms with Crippen LogP contribution in [0.3, 0.4) is 0 Å². The van der Waals surface area contributed by atoms with E-state index >= 15 is 0 Å². The minimum Gasteiger partial charge on any atom is -0.454 e. The van der Waals surface area contributed by atoms with E-state index in [-0.39, 0.29) is 19.4 Å². The smallest absolute Gasteiger partial charge is 0.306 e. The van der Waals surface area contributed by atoms with Crippen molar-refractivity contribution in [3.05, 3.63) is 122 Å². The molecule has 1 aliphatic rings. The molecule has 0 aromatic rings. The Morgan fingerprint density at radius 3 is 1.29 bits per heavy atom. The third-order valence-corrected chi connectivity index (χ3v) is 15.3. The highest BCUT2D eigenvalue weighted by atomic mass is 16.7. The molecule has 0 bridgehead atoms. The summed E-state index contributed by atoms with van der Waals surface area (Å²) in [6, 6.07) is -1.05. The van der Waals surface area contributed by atoms with Crippen LogP contribution in [0.25, 0.3) is 0 Å². The minimum absolute atomic E-state index is 0.104. The van der Waals surface area contributed by atoms with Gasteiger partial charge in [-0.3, -0.25) is 9.59 Å². The van der Waals surface area contributed by atoms with E-state index in [1.165, 1.54) is 89.9 Å². The number of unbranched alkanes of at least 4 members (excludes halogenated alkanes) is 25. The predicted molar refractivity (Wildman–Crippen MR) is 356 cm³/mol. The monoisotopic (exact) mass is 1190 g/mol. The second-order valence-corrected chi connectivity index (χ2v) is 23.2. The molecule has 11 heteroatoms. The Morgan fingerprint density at radius 1 is 0.471 bits per heavy atom. The Balaban J connectivity index is 2.62. The van der Waals surface area contributed by atoms with Crippen LogP contribution in [0.1, 0.15) is 271 Å². The number of carbonyl (C=O) groups excluding carboxylic acids is 2. The molecule has 0 aromatic carbocycles. The number of aliphatic hydroxyl groups excluding tert-OH is 5. The Kier molecular flexibility index (Phi) is 56.1. The van der Waals surface area contributed by atoms with Crippen molar-refractivity contribution >= 4 is 11.9 Å². The van der Waals surface area contributed by atoms with E-state index in [9.17, 15) is 35.1 Å². The van der Waals surface area contributed by atoms with Gasteiger partial charge in [-0.15, -0.1) is 0 Å². The highest BCUT2D eigenvalue weighted by Crippen LogP contribution is 2.26. The number of nitrogens with one attached hydrogen (secondary N) is 1. The van der Waals surface area contributed by atoms with Crippen LogP contribution in [0.4, 0.5) is 0 Å². The standard InChI is InChI=1S/C74H125NO10/c1-4-7-10-13-16-19-22-25-27-29-30-31-32-33-34-35-36-37-38-39-41-44-47-50-53-56-59-62-69(79)85-72-71(81)70(80)68(63-76)84-74(72)83-64-65(66(77)60-57-54-51-48-45-42-24-21-18-15-12-9-6-3)75-73(82)67(78)61-58-55-52-49-46-43-40-28-26-23-20-17-14-11-8-5-2/h7,10,16-17,19-20,25-28,30-31,33-34,36-37,43,46,57,60,65-68,70-72,74,76-78,80-81H,4-6,8-9,11-15,18,21-24,29,32,35,38-42,44-45,47-56,58-59,61-64H2,1-3H3,(H,75,82)/b10-7-,19-16-,20-17-,27-25-,28-26-,31-30-,34-33-,37-36-,46-43-,60-57+. The number of carbonyl (C=O) groups is 2. The van der Waals surface area contributed by atoms with Gasteiger partial charge in [0.25, 0.3) is 0 Å². The summed E-state index contributed by atoms with van der Waals surface area (Å²) in [5.41, 5.74) is 0.